The number of hydrogen-bond donors (Lipinski definition) is 0. The lowest BCUT2D eigenvalue weighted by Crippen LogP contribution is -1.84. The SMILES string of the molecule is COc1ccc(-c2cscn2)c(Br)c1. The lowest BCUT2D eigenvalue weighted by atomic mass is 10.2. The van der Waals surface area contributed by atoms with Gasteiger partial charge in [0.1, 0.15) is 5.75 Å². The second-order valence-corrected chi connectivity index (χ2v) is 4.29. The van der Waals surface area contributed by atoms with Gasteiger partial charge in [-0.3, -0.25) is 0 Å². The Bertz CT molecular complexity index is 428. The molecule has 0 aliphatic rings. The van der Waals surface area contributed by atoms with Crippen LogP contribution in [0.5, 0.6) is 5.75 Å². The highest BCUT2D eigenvalue weighted by atomic mass is 79.9. The van der Waals surface area contributed by atoms with Gasteiger partial charge < -0.3 is 4.74 Å². The Hall–Kier alpha value is -0.870. The van der Waals surface area contributed by atoms with Gasteiger partial charge >= 0.3 is 0 Å². The van der Waals surface area contributed by atoms with Gasteiger partial charge in [0.2, 0.25) is 0 Å². The Balaban J connectivity index is 2.46. The molecule has 0 aliphatic heterocycles. The average Bonchev–Trinajstić information content (AvgIpc) is 2.70. The molecule has 0 atom stereocenters. The van der Waals surface area contributed by atoms with Crippen LogP contribution in [0.1, 0.15) is 0 Å². The topological polar surface area (TPSA) is 22.1 Å². The van der Waals surface area contributed by atoms with Crippen molar-refractivity contribution in [2.75, 3.05) is 7.11 Å². The van der Waals surface area contributed by atoms with Crippen molar-refractivity contribution in [3.8, 4) is 17.0 Å². The highest BCUT2D eigenvalue weighted by molar-refractivity contribution is 9.10. The molecule has 0 unspecified atom stereocenters. The number of halogens is 1. The van der Waals surface area contributed by atoms with E-state index in [0.717, 1.165) is 21.5 Å². The first-order valence-electron chi connectivity index (χ1n) is 4.03. The van der Waals surface area contributed by atoms with Crippen molar-refractivity contribution in [3.05, 3.63) is 33.6 Å². The molecule has 0 saturated carbocycles. The maximum atomic E-state index is 5.12. The molecule has 0 N–H and O–H groups in total. The van der Waals surface area contributed by atoms with E-state index >= 15 is 0 Å². The highest BCUT2D eigenvalue weighted by Crippen LogP contribution is 2.30. The minimum Gasteiger partial charge on any atom is -0.497 e. The summed E-state index contributed by atoms with van der Waals surface area (Å²) in [6.07, 6.45) is 0. The lowest BCUT2D eigenvalue weighted by Gasteiger charge is -2.04. The molecule has 0 aliphatic carbocycles. The summed E-state index contributed by atoms with van der Waals surface area (Å²) < 4.78 is 6.12. The van der Waals surface area contributed by atoms with Gasteiger partial charge in [0, 0.05) is 15.4 Å². The Morgan fingerprint density at radius 1 is 1.43 bits per heavy atom. The van der Waals surface area contributed by atoms with E-state index in [1.165, 1.54) is 0 Å². The fourth-order valence-electron chi connectivity index (χ4n) is 1.18. The normalized spacial score (nSPS) is 10.1. The fraction of sp³-hybridized carbons (Fsp3) is 0.100. The molecule has 4 heteroatoms. The Kier molecular flexibility index (Phi) is 2.84. The minimum absolute atomic E-state index is 0.843. The summed E-state index contributed by atoms with van der Waals surface area (Å²) >= 11 is 5.08. The number of methoxy groups -OCH3 is 1. The Morgan fingerprint density at radius 2 is 2.29 bits per heavy atom. The van der Waals surface area contributed by atoms with Crippen molar-refractivity contribution in [2.45, 2.75) is 0 Å². The minimum atomic E-state index is 0.843. The average molecular weight is 270 g/mol. The Labute approximate surface area is 94.7 Å². The van der Waals surface area contributed by atoms with Gasteiger partial charge in [-0.15, -0.1) is 11.3 Å². The molecule has 2 rings (SSSR count). The molecular formula is C10H8BrNOS. The zero-order valence-corrected chi connectivity index (χ0v) is 9.93. The quantitative estimate of drug-likeness (QED) is 0.832. The van der Waals surface area contributed by atoms with Crippen molar-refractivity contribution < 1.29 is 4.74 Å². The van der Waals surface area contributed by atoms with Crippen LogP contribution in [0, 0.1) is 0 Å². The van der Waals surface area contributed by atoms with Gasteiger partial charge in [0.15, 0.2) is 0 Å². The van der Waals surface area contributed by atoms with Crippen LogP contribution in [0.4, 0.5) is 0 Å². The second kappa shape index (κ2) is 4.11. The molecule has 2 nitrogen and oxygen atoms in total. The molecule has 2 aromatic rings. The van der Waals surface area contributed by atoms with E-state index < -0.39 is 0 Å². The molecule has 72 valence electrons. The van der Waals surface area contributed by atoms with E-state index in [1.54, 1.807) is 18.4 Å². The Morgan fingerprint density at radius 3 is 2.86 bits per heavy atom. The molecule has 0 spiro atoms. The number of nitrogens with zero attached hydrogens (tertiary/aromatic N) is 1. The zero-order chi connectivity index (χ0) is 9.97. The van der Waals surface area contributed by atoms with Gasteiger partial charge in [0.05, 0.1) is 18.3 Å². The standard InChI is InChI=1S/C10H8BrNOS/c1-13-7-2-3-8(9(11)4-7)10-5-14-6-12-10/h2-6H,1H3. The molecule has 0 saturated heterocycles. The molecule has 1 aromatic heterocycles. The predicted molar refractivity (Wildman–Crippen MR) is 61.8 cm³/mol. The fourth-order valence-corrected chi connectivity index (χ4v) is 2.29. The summed E-state index contributed by atoms with van der Waals surface area (Å²) in [5.41, 5.74) is 3.91. The third kappa shape index (κ3) is 1.81. The second-order valence-electron chi connectivity index (χ2n) is 2.72. The number of benzene rings is 1. The van der Waals surface area contributed by atoms with Crippen molar-refractivity contribution in [1.82, 2.24) is 4.98 Å². The van der Waals surface area contributed by atoms with E-state index in [9.17, 15) is 0 Å². The van der Waals surface area contributed by atoms with E-state index in [4.69, 9.17) is 4.74 Å². The largest absolute Gasteiger partial charge is 0.497 e. The van der Waals surface area contributed by atoms with Crippen molar-refractivity contribution in [1.29, 1.82) is 0 Å². The summed E-state index contributed by atoms with van der Waals surface area (Å²) in [6, 6.07) is 5.87. The molecule has 14 heavy (non-hydrogen) atoms. The van der Waals surface area contributed by atoms with Gasteiger partial charge in [0.25, 0.3) is 0 Å². The third-order valence-corrected chi connectivity index (χ3v) is 3.13. The molecule has 1 heterocycles. The molecule has 0 radical (unpaired) electrons. The first-order valence-corrected chi connectivity index (χ1v) is 5.77. The summed E-state index contributed by atoms with van der Waals surface area (Å²) in [6.45, 7) is 0. The lowest BCUT2D eigenvalue weighted by molar-refractivity contribution is 0.414. The van der Waals surface area contributed by atoms with Gasteiger partial charge in [-0.2, -0.15) is 0 Å². The highest BCUT2D eigenvalue weighted by Gasteiger charge is 2.05. The van der Waals surface area contributed by atoms with Gasteiger partial charge in [-0.05, 0) is 34.1 Å². The van der Waals surface area contributed by atoms with Crippen molar-refractivity contribution >= 4 is 27.3 Å². The summed E-state index contributed by atoms with van der Waals surface area (Å²) in [7, 11) is 1.66. The van der Waals surface area contributed by atoms with Crippen molar-refractivity contribution in [2.24, 2.45) is 0 Å². The molecule has 1 aromatic carbocycles. The molecule has 0 amide bonds. The van der Waals surface area contributed by atoms with Crippen molar-refractivity contribution in [3.63, 3.8) is 0 Å². The number of ether oxygens (including phenoxy) is 1. The van der Waals surface area contributed by atoms with Crippen LogP contribution in [-0.2, 0) is 0 Å². The van der Waals surface area contributed by atoms with Crippen LogP contribution in [0.25, 0.3) is 11.3 Å². The first kappa shape index (κ1) is 9.68. The maximum absolute atomic E-state index is 5.12. The zero-order valence-electron chi connectivity index (χ0n) is 7.53. The summed E-state index contributed by atoms with van der Waals surface area (Å²) in [5, 5.41) is 2.02. The number of hydrogen-bond acceptors (Lipinski definition) is 3. The molecule has 0 bridgehead atoms. The van der Waals surface area contributed by atoms with Crippen LogP contribution in [0.15, 0.2) is 33.6 Å². The summed E-state index contributed by atoms with van der Waals surface area (Å²) in [5.74, 6) is 0.843. The number of rotatable bonds is 2. The van der Waals surface area contributed by atoms with Gasteiger partial charge in [-0.1, -0.05) is 0 Å². The summed E-state index contributed by atoms with van der Waals surface area (Å²) in [4.78, 5) is 4.25. The van der Waals surface area contributed by atoms with E-state index in [-0.39, 0.29) is 0 Å². The molecular weight excluding hydrogens is 262 g/mol. The van der Waals surface area contributed by atoms with Crippen LogP contribution in [0.3, 0.4) is 0 Å². The van der Waals surface area contributed by atoms with Crippen LogP contribution < -0.4 is 4.74 Å². The van der Waals surface area contributed by atoms with Crippen LogP contribution in [-0.4, -0.2) is 12.1 Å². The number of thiazole rings is 1. The van der Waals surface area contributed by atoms with E-state index in [1.807, 2.05) is 29.1 Å². The van der Waals surface area contributed by atoms with Crippen LogP contribution >= 0.6 is 27.3 Å². The van der Waals surface area contributed by atoms with Crippen LogP contribution in [0.2, 0.25) is 0 Å². The molecule has 0 fully saturated rings. The predicted octanol–water partition coefficient (Wildman–Crippen LogP) is 3.58. The number of aromatic nitrogens is 1. The monoisotopic (exact) mass is 269 g/mol. The third-order valence-electron chi connectivity index (χ3n) is 1.88. The first-order chi connectivity index (χ1) is 6.81. The van der Waals surface area contributed by atoms with Gasteiger partial charge in [-0.25, -0.2) is 4.98 Å². The van der Waals surface area contributed by atoms with E-state index in [0.29, 0.717) is 0 Å². The smallest absolute Gasteiger partial charge is 0.120 e. The van der Waals surface area contributed by atoms with E-state index in [2.05, 4.69) is 20.9 Å². The maximum Gasteiger partial charge on any atom is 0.120 e.